The van der Waals surface area contributed by atoms with Crippen LogP contribution in [-0.4, -0.2) is 40.9 Å². The summed E-state index contributed by atoms with van der Waals surface area (Å²) in [5.74, 6) is 0.342. The van der Waals surface area contributed by atoms with E-state index in [4.69, 9.17) is 11.0 Å². The van der Waals surface area contributed by atoms with Gasteiger partial charge in [-0.15, -0.1) is 0 Å². The molecule has 4 N–H and O–H groups in total. The van der Waals surface area contributed by atoms with Crippen LogP contribution in [0.4, 0.5) is 4.39 Å². The smallest absolute Gasteiger partial charge is 0.238 e. The summed E-state index contributed by atoms with van der Waals surface area (Å²) in [5, 5.41) is 18.3. The van der Waals surface area contributed by atoms with Crippen molar-refractivity contribution >= 4 is 5.91 Å². The van der Waals surface area contributed by atoms with Gasteiger partial charge in [0.05, 0.1) is 24.9 Å². The zero-order valence-corrected chi connectivity index (χ0v) is 17.3. The highest BCUT2D eigenvalue weighted by atomic mass is 19.1. The van der Waals surface area contributed by atoms with Crippen molar-refractivity contribution in [3.8, 4) is 17.2 Å². The largest absolute Gasteiger partial charge is 0.342 e. The second kappa shape index (κ2) is 10.3. The maximum Gasteiger partial charge on any atom is 0.238 e. The molecule has 0 radical (unpaired) electrons. The van der Waals surface area contributed by atoms with Gasteiger partial charge < -0.3 is 16.4 Å². The Bertz CT molecular complexity index is 905. The summed E-state index contributed by atoms with van der Waals surface area (Å²) in [6.45, 7) is 3.28. The third-order valence-corrected chi connectivity index (χ3v) is 5.74. The molecule has 2 heterocycles. The van der Waals surface area contributed by atoms with Crippen LogP contribution in [0.1, 0.15) is 31.7 Å². The highest BCUT2D eigenvalue weighted by Crippen LogP contribution is 2.35. The molecule has 1 saturated carbocycles. The van der Waals surface area contributed by atoms with Crippen LogP contribution < -0.4 is 16.4 Å². The molecule has 2 aromatic rings. The predicted molar refractivity (Wildman–Crippen MR) is 113 cm³/mol. The minimum atomic E-state index is -0.156. The number of nitrogens with two attached hydrogens (primary N) is 1. The Balaban J connectivity index is 0.000000177. The summed E-state index contributed by atoms with van der Waals surface area (Å²) < 4.78 is 15.4. The van der Waals surface area contributed by atoms with Gasteiger partial charge in [0, 0.05) is 24.3 Å². The summed E-state index contributed by atoms with van der Waals surface area (Å²) in [4.78, 5) is 11.5. The van der Waals surface area contributed by atoms with Crippen LogP contribution in [-0.2, 0) is 17.8 Å². The summed E-state index contributed by atoms with van der Waals surface area (Å²) in [7, 11) is 0. The van der Waals surface area contributed by atoms with E-state index in [0.29, 0.717) is 31.5 Å². The van der Waals surface area contributed by atoms with Gasteiger partial charge in [0.25, 0.3) is 0 Å². The van der Waals surface area contributed by atoms with Crippen LogP contribution in [0.25, 0.3) is 11.1 Å². The van der Waals surface area contributed by atoms with Crippen LogP contribution in [0.5, 0.6) is 0 Å². The number of benzene rings is 1. The monoisotopic (exact) mass is 412 g/mol. The molecule has 1 unspecified atom stereocenters. The van der Waals surface area contributed by atoms with E-state index >= 15 is 0 Å². The topological polar surface area (TPSA) is 109 Å². The Morgan fingerprint density at radius 3 is 2.87 bits per heavy atom. The molecule has 1 aromatic heterocycles. The first-order chi connectivity index (χ1) is 14.5. The van der Waals surface area contributed by atoms with Gasteiger partial charge in [-0.3, -0.25) is 9.48 Å². The molecule has 7 nitrogen and oxygen atoms in total. The number of halogens is 1. The summed E-state index contributed by atoms with van der Waals surface area (Å²) >= 11 is 0. The molecule has 2 bridgehead atoms. The quantitative estimate of drug-likeness (QED) is 0.629. The van der Waals surface area contributed by atoms with Crippen LogP contribution >= 0.6 is 0 Å². The molecule has 1 aromatic carbocycles. The highest BCUT2D eigenvalue weighted by molar-refractivity contribution is 5.82. The number of rotatable bonds is 6. The molecule has 1 aliphatic carbocycles. The van der Waals surface area contributed by atoms with Crippen molar-refractivity contribution in [1.82, 2.24) is 20.4 Å². The van der Waals surface area contributed by atoms with Gasteiger partial charge in [0.15, 0.2) is 0 Å². The molecule has 30 heavy (non-hydrogen) atoms. The Kier molecular flexibility index (Phi) is 7.55. The summed E-state index contributed by atoms with van der Waals surface area (Å²) in [6, 6.07) is 7.72. The van der Waals surface area contributed by atoms with Crippen LogP contribution in [0.2, 0.25) is 0 Å². The average Bonchev–Trinajstić information content (AvgIpc) is 3.50. The van der Waals surface area contributed by atoms with Crippen LogP contribution in [0, 0.1) is 23.1 Å². The molecule has 8 heteroatoms. The lowest BCUT2D eigenvalue weighted by molar-refractivity contribution is -0.123. The van der Waals surface area contributed by atoms with E-state index in [9.17, 15) is 9.18 Å². The van der Waals surface area contributed by atoms with Crippen molar-refractivity contribution in [3.63, 3.8) is 0 Å². The standard InChI is InChI=1S/C13H16FN3.C9H13N3O/c1-2-10-3-4-11(7-13(10)14)12-8-16-17(9-12)6-5-15;10-3-4-11-9(13)8-6-1-2-7(5-6)12-8/h3-4,7-9H,2,5-6,15H2,1H3;6-8,12H,1-2,4-5H2,(H,11,13)/t;6?,7-,8+/m.1/s1. The van der Waals surface area contributed by atoms with Crippen molar-refractivity contribution in [2.24, 2.45) is 11.7 Å². The minimum absolute atomic E-state index is 0.00579. The first kappa shape index (κ1) is 21.9. The Morgan fingerprint density at radius 1 is 1.43 bits per heavy atom. The van der Waals surface area contributed by atoms with Gasteiger partial charge in [-0.1, -0.05) is 19.1 Å². The maximum atomic E-state index is 13.6. The lowest BCUT2D eigenvalue weighted by Crippen LogP contribution is -2.47. The van der Waals surface area contributed by atoms with Crippen molar-refractivity contribution in [2.75, 3.05) is 13.1 Å². The van der Waals surface area contributed by atoms with Crippen LogP contribution in [0.15, 0.2) is 30.6 Å². The predicted octanol–water partition coefficient (Wildman–Crippen LogP) is 1.98. The van der Waals surface area contributed by atoms with Gasteiger partial charge in [0.2, 0.25) is 5.91 Å². The highest BCUT2D eigenvalue weighted by Gasteiger charge is 2.42. The molecule has 2 fully saturated rings. The second-order valence-corrected chi connectivity index (χ2v) is 7.73. The number of nitrogens with zero attached hydrogens (tertiary/aromatic N) is 3. The van der Waals surface area contributed by atoms with E-state index in [1.54, 1.807) is 16.9 Å². The normalized spacial score (nSPS) is 21.6. The number of nitriles is 1. The maximum absolute atomic E-state index is 13.6. The van der Waals surface area contributed by atoms with Gasteiger partial charge in [-0.25, -0.2) is 4.39 Å². The molecule has 160 valence electrons. The number of hydrogen-bond donors (Lipinski definition) is 3. The number of piperidine rings is 1. The van der Waals surface area contributed by atoms with Gasteiger partial charge >= 0.3 is 0 Å². The Labute approximate surface area is 176 Å². The van der Waals surface area contributed by atoms with Gasteiger partial charge in [-0.05, 0) is 48.8 Å². The zero-order valence-electron chi connectivity index (χ0n) is 17.3. The average molecular weight is 413 g/mol. The number of nitrogens with one attached hydrogen (secondary N) is 2. The molecule has 1 saturated heterocycles. The van der Waals surface area contributed by atoms with E-state index in [1.807, 2.05) is 31.3 Å². The third-order valence-electron chi connectivity index (χ3n) is 5.74. The lowest BCUT2D eigenvalue weighted by Gasteiger charge is -2.21. The first-order valence-electron chi connectivity index (χ1n) is 10.5. The Morgan fingerprint density at radius 2 is 2.27 bits per heavy atom. The fourth-order valence-corrected chi connectivity index (χ4v) is 4.17. The Hall–Kier alpha value is -2.76. The second-order valence-electron chi connectivity index (χ2n) is 7.73. The number of fused-ring (bicyclic) bond motifs is 2. The van der Waals surface area contributed by atoms with E-state index < -0.39 is 0 Å². The molecule has 1 aliphatic heterocycles. The van der Waals surface area contributed by atoms with Crippen molar-refractivity contribution < 1.29 is 9.18 Å². The van der Waals surface area contributed by atoms with E-state index in [-0.39, 0.29) is 24.3 Å². The number of aryl methyl sites for hydroxylation is 1. The fraction of sp³-hybridized carbons (Fsp3) is 0.500. The molecule has 4 rings (SSSR count). The van der Waals surface area contributed by atoms with E-state index in [0.717, 1.165) is 29.5 Å². The molecule has 1 amide bonds. The summed E-state index contributed by atoms with van der Waals surface area (Å²) in [5.41, 5.74) is 7.96. The lowest BCUT2D eigenvalue weighted by atomic mass is 9.99. The molecular weight excluding hydrogens is 383 g/mol. The molecular formula is C22H29FN6O. The molecule has 2 aliphatic rings. The first-order valence-corrected chi connectivity index (χ1v) is 10.5. The number of carbonyl (C=O) groups is 1. The number of carbonyl (C=O) groups excluding carboxylic acids is 1. The van der Waals surface area contributed by atoms with E-state index in [1.165, 1.54) is 6.42 Å². The fourth-order valence-electron chi connectivity index (χ4n) is 4.17. The van der Waals surface area contributed by atoms with Crippen LogP contribution in [0.3, 0.4) is 0 Å². The third kappa shape index (κ3) is 5.23. The van der Waals surface area contributed by atoms with E-state index in [2.05, 4.69) is 15.7 Å². The number of hydrogen-bond acceptors (Lipinski definition) is 5. The van der Waals surface area contributed by atoms with Gasteiger partial charge in [0.1, 0.15) is 12.4 Å². The van der Waals surface area contributed by atoms with Gasteiger partial charge in [-0.2, -0.15) is 10.4 Å². The number of aromatic nitrogens is 2. The van der Waals surface area contributed by atoms with Crippen molar-refractivity contribution in [3.05, 3.63) is 42.0 Å². The summed E-state index contributed by atoms with van der Waals surface area (Å²) in [6.07, 6.45) is 7.81. The van der Waals surface area contributed by atoms with Crippen molar-refractivity contribution in [2.45, 2.75) is 51.2 Å². The minimum Gasteiger partial charge on any atom is -0.342 e. The zero-order chi connectivity index (χ0) is 21.5. The SMILES string of the molecule is CCc1ccc(-c2cnn(CCN)c2)cc1F.N#CCNC(=O)[C@H]1N[C@@H]2CCC1C2. The van der Waals surface area contributed by atoms with Crippen molar-refractivity contribution in [1.29, 1.82) is 5.26 Å². The molecule has 0 spiro atoms. The number of amides is 1. The molecule has 3 atom stereocenters.